The van der Waals surface area contributed by atoms with Gasteiger partial charge in [-0.3, -0.25) is 4.79 Å². The van der Waals surface area contributed by atoms with E-state index >= 15 is 0 Å². The summed E-state index contributed by atoms with van der Waals surface area (Å²) in [7, 11) is 0. The average molecular weight is 168 g/mol. The summed E-state index contributed by atoms with van der Waals surface area (Å²) < 4.78 is 5.07. The van der Waals surface area contributed by atoms with Gasteiger partial charge in [-0.1, -0.05) is 6.08 Å². The minimum atomic E-state index is -1.43. The lowest BCUT2D eigenvalue weighted by molar-refractivity contribution is -0.142. The van der Waals surface area contributed by atoms with Crippen molar-refractivity contribution < 1.29 is 14.6 Å². The third-order valence-electron chi connectivity index (χ3n) is 1.97. The van der Waals surface area contributed by atoms with Crippen molar-refractivity contribution in [2.24, 2.45) is 0 Å². The molecule has 0 saturated heterocycles. The van der Waals surface area contributed by atoms with Crippen LogP contribution in [0.1, 0.15) is 13.8 Å². The standard InChI is InChI=1S/C9H12O3/c1-7(10)9(2,11)8-5-3-4-6-12-8/h3-6,8,11H,1-2H3. The van der Waals surface area contributed by atoms with Crippen molar-refractivity contribution in [3.05, 3.63) is 24.5 Å². The summed E-state index contributed by atoms with van der Waals surface area (Å²) in [6, 6.07) is 0. The molecule has 2 unspecified atom stereocenters. The first-order chi connectivity index (χ1) is 5.55. The Kier molecular flexibility index (Phi) is 2.33. The zero-order valence-electron chi connectivity index (χ0n) is 7.15. The monoisotopic (exact) mass is 168 g/mol. The molecule has 3 nitrogen and oxygen atoms in total. The first kappa shape index (κ1) is 9.00. The van der Waals surface area contributed by atoms with Crippen LogP contribution in [0.4, 0.5) is 0 Å². The van der Waals surface area contributed by atoms with Crippen molar-refractivity contribution in [3.8, 4) is 0 Å². The molecule has 0 saturated carbocycles. The number of rotatable bonds is 2. The molecule has 3 heteroatoms. The Morgan fingerprint density at radius 3 is 2.67 bits per heavy atom. The highest BCUT2D eigenvalue weighted by atomic mass is 16.5. The van der Waals surface area contributed by atoms with E-state index in [2.05, 4.69) is 0 Å². The molecule has 0 aromatic carbocycles. The van der Waals surface area contributed by atoms with Crippen molar-refractivity contribution in [2.75, 3.05) is 0 Å². The molecule has 0 aromatic rings. The Balaban J connectivity index is 2.75. The second kappa shape index (κ2) is 3.11. The van der Waals surface area contributed by atoms with Gasteiger partial charge >= 0.3 is 0 Å². The van der Waals surface area contributed by atoms with Crippen LogP contribution in [0, 0.1) is 0 Å². The van der Waals surface area contributed by atoms with Gasteiger partial charge in [0.2, 0.25) is 0 Å². The Morgan fingerprint density at radius 2 is 2.25 bits per heavy atom. The first-order valence-electron chi connectivity index (χ1n) is 3.77. The van der Waals surface area contributed by atoms with Crippen LogP contribution in [0.2, 0.25) is 0 Å². The molecule has 0 aromatic heterocycles. The molecule has 1 heterocycles. The molecule has 0 fully saturated rings. The third-order valence-corrected chi connectivity index (χ3v) is 1.97. The molecule has 0 bridgehead atoms. The minimum absolute atomic E-state index is 0.299. The normalized spacial score (nSPS) is 26.1. The summed E-state index contributed by atoms with van der Waals surface area (Å²) in [5.74, 6) is -0.299. The SMILES string of the molecule is CC(=O)C(C)(O)C1C=CC=CO1. The quantitative estimate of drug-likeness (QED) is 0.663. The average Bonchev–Trinajstić information content (AvgIpc) is 2.06. The number of aliphatic hydroxyl groups is 1. The van der Waals surface area contributed by atoms with E-state index in [1.807, 2.05) is 0 Å². The number of Topliss-reactive ketones (excluding diaryl/α,β-unsaturated/α-hetero) is 1. The summed E-state index contributed by atoms with van der Waals surface area (Å²) in [4.78, 5) is 11.0. The molecular weight excluding hydrogens is 156 g/mol. The molecule has 1 aliphatic rings. The van der Waals surface area contributed by atoms with Gasteiger partial charge in [0.15, 0.2) is 17.5 Å². The van der Waals surface area contributed by atoms with Gasteiger partial charge in [-0.15, -0.1) is 0 Å². The van der Waals surface area contributed by atoms with E-state index in [1.54, 1.807) is 18.2 Å². The van der Waals surface area contributed by atoms with Gasteiger partial charge in [0.25, 0.3) is 0 Å². The fourth-order valence-electron chi connectivity index (χ4n) is 0.906. The summed E-state index contributed by atoms with van der Waals surface area (Å²) in [5.41, 5.74) is -1.43. The van der Waals surface area contributed by atoms with E-state index in [0.29, 0.717) is 0 Å². The van der Waals surface area contributed by atoms with Crippen molar-refractivity contribution in [2.45, 2.75) is 25.6 Å². The molecule has 1 rings (SSSR count). The van der Waals surface area contributed by atoms with Gasteiger partial charge in [0, 0.05) is 0 Å². The maximum atomic E-state index is 11.0. The highest BCUT2D eigenvalue weighted by Gasteiger charge is 2.36. The van der Waals surface area contributed by atoms with Gasteiger partial charge < -0.3 is 9.84 Å². The summed E-state index contributed by atoms with van der Waals surface area (Å²) in [5, 5.41) is 9.66. The smallest absolute Gasteiger partial charge is 0.165 e. The van der Waals surface area contributed by atoms with Gasteiger partial charge in [-0.05, 0) is 26.0 Å². The number of carbonyl (C=O) groups is 1. The Labute approximate surface area is 71.3 Å². The predicted molar refractivity (Wildman–Crippen MR) is 44.5 cm³/mol. The third kappa shape index (κ3) is 1.56. The Hall–Kier alpha value is -1.09. The fourth-order valence-corrected chi connectivity index (χ4v) is 0.906. The molecule has 12 heavy (non-hydrogen) atoms. The molecule has 0 amide bonds. The highest BCUT2D eigenvalue weighted by Crippen LogP contribution is 2.18. The predicted octanol–water partition coefficient (Wildman–Crippen LogP) is 0.795. The van der Waals surface area contributed by atoms with E-state index in [0.717, 1.165) is 0 Å². The van der Waals surface area contributed by atoms with E-state index < -0.39 is 11.7 Å². The Bertz CT molecular complexity index is 238. The van der Waals surface area contributed by atoms with Crippen molar-refractivity contribution >= 4 is 5.78 Å². The molecule has 0 radical (unpaired) electrons. The number of hydrogen-bond acceptors (Lipinski definition) is 3. The van der Waals surface area contributed by atoms with Crippen molar-refractivity contribution in [1.82, 2.24) is 0 Å². The van der Waals surface area contributed by atoms with Crippen LogP contribution in [0.25, 0.3) is 0 Å². The van der Waals surface area contributed by atoms with Crippen LogP contribution in [-0.2, 0) is 9.53 Å². The van der Waals surface area contributed by atoms with Gasteiger partial charge in [-0.25, -0.2) is 0 Å². The highest BCUT2D eigenvalue weighted by molar-refractivity contribution is 5.85. The second-order valence-corrected chi connectivity index (χ2v) is 2.97. The summed E-state index contributed by atoms with van der Waals surface area (Å²) >= 11 is 0. The van der Waals surface area contributed by atoms with Crippen LogP contribution < -0.4 is 0 Å². The van der Waals surface area contributed by atoms with Crippen LogP contribution in [0.3, 0.4) is 0 Å². The van der Waals surface area contributed by atoms with E-state index in [1.165, 1.54) is 20.1 Å². The van der Waals surface area contributed by atoms with Gasteiger partial charge in [-0.2, -0.15) is 0 Å². The van der Waals surface area contributed by atoms with E-state index in [-0.39, 0.29) is 5.78 Å². The largest absolute Gasteiger partial charge is 0.490 e. The Morgan fingerprint density at radius 1 is 1.58 bits per heavy atom. The van der Waals surface area contributed by atoms with Crippen LogP contribution in [-0.4, -0.2) is 22.6 Å². The number of hydrogen-bond donors (Lipinski definition) is 1. The first-order valence-corrected chi connectivity index (χ1v) is 3.77. The molecule has 0 spiro atoms. The van der Waals surface area contributed by atoms with E-state index in [9.17, 15) is 9.90 Å². The van der Waals surface area contributed by atoms with Crippen LogP contribution in [0.15, 0.2) is 24.5 Å². The summed E-state index contributed by atoms with van der Waals surface area (Å²) in [6.07, 6.45) is 5.99. The van der Waals surface area contributed by atoms with Crippen LogP contribution in [0.5, 0.6) is 0 Å². The van der Waals surface area contributed by atoms with Gasteiger partial charge in [0.05, 0.1) is 6.26 Å². The van der Waals surface area contributed by atoms with E-state index in [4.69, 9.17) is 4.74 Å². The molecule has 2 atom stereocenters. The second-order valence-electron chi connectivity index (χ2n) is 2.97. The molecule has 66 valence electrons. The zero-order valence-corrected chi connectivity index (χ0v) is 7.15. The van der Waals surface area contributed by atoms with Crippen LogP contribution >= 0.6 is 0 Å². The zero-order chi connectivity index (χ0) is 9.19. The summed E-state index contributed by atoms with van der Waals surface area (Å²) in [6.45, 7) is 2.79. The molecular formula is C9H12O3. The lowest BCUT2D eigenvalue weighted by Crippen LogP contribution is -2.45. The minimum Gasteiger partial charge on any atom is -0.490 e. The lowest BCUT2D eigenvalue weighted by atomic mass is 9.94. The fraction of sp³-hybridized carbons (Fsp3) is 0.444. The van der Waals surface area contributed by atoms with Crippen molar-refractivity contribution in [1.29, 1.82) is 0 Å². The molecule has 1 N–H and O–H groups in total. The van der Waals surface area contributed by atoms with Crippen molar-refractivity contribution in [3.63, 3.8) is 0 Å². The molecule has 1 aliphatic heterocycles. The maximum absolute atomic E-state index is 11.0. The maximum Gasteiger partial charge on any atom is 0.165 e. The number of ketones is 1. The lowest BCUT2D eigenvalue weighted by Gasteiger charge is -2.28. The number of allylic oxidation sites excluding steroid dienone is 2. The number of carbonyl (C=O) groups excluding carboxylic acids is 1. The topological polar surface area (TPSA) is 46.5 Å². The van der Waals surface area contributed by atoms with Gasteiger partial charge in [0.1, 0.15) is 0 Å². The number of ether oxygens (including phenoxy) is 1. The molecule has 0 aliphatic carbocycles.